The second kappa shape index (κ2) is 7.40. The van der Waals surface area contributed by atoms with E-state index in [0.29, 0.717) is 18.1 Å². The number of hydrogen-bond donors (Lipinski definition) is 3. The zero-order valence-electron chi connectivity index (χ0n) is 9.54. The molecule has 0 aromatic carbocycles. The first-order valence-electron chi connectivity index (χ1n) is 5.52. The molecule has 1 amide bonds. The monoisotopic (exact) mass is 245 g/mol. The Labute approximate surface area is 101 Å². The van der Waals surface area contributed by atoms with Crippen LogP contribution >= 0.6 is 12.2 Å². The molecule has 1 unspecified atom stereocenters. The van der Waals surface area contributed by atoms with Gasteiger partial charge in [0.05, 0.1) is 0 Å². The molecule has 0 aromatic rings. The topological polar surface area (TPSA) is 62.4 Å². The van der Waals surface area contributed by atoms with E-state index in [-0.39, 0.29) is 11.9 Å². The van der Waals surface area contributed by atoms with Gasteiger partial charge in [0.1, 0.15) is 0 Å². The quantitative estimate of drug-likeness (QED) is 0.461. The third-order valence-electron chi connectivity index (χ3n) is 2.41. The Balaban J connectivity index is 2.07. The summed E-state index contributed by atoms with van der Waals surface area (Å²) in [6.07, 6.45) is 2.34. The molecule has 1 aliphatic heterocycles. The van der Waals surface area contributed by atoms with Crippen LogP contribution in [-0.2, 0) is 9.53 Å². The van der Waals surface area contributed by atoms with Gasteiger partial charge in [-0.05, 0) is 25.1 Å². The number of ether oxygens (including phenoxy) is 1. The minimum atomic E-state index is 0.122. The minimum absolute atomic E-state index is 0.122. The summed E-state index contributed by atoms with van der Waals surface area (Å²) >= 11 is 5.14. The molecule has 0 radical (unpaired) electrons. The molecule has 1 aliphatic rings. The highest BCUT2D eigenvalue weighted by atomic mass is 32.1. The molecule has 0 aliphatic carbocycles. The van der Waals surface area contributed by atoms with E-state index in [1.54, 1.807) is 7.11 Å². The maximum Gasteiger partial charge on any atom is 0.220 e. The molecule has 1 atom stereocenters. The zero-order chi connectivity index (χ0) is 11.8. The highest BCUT2D eigenvalue weighted by Gasteiger charge is 2.17. The van der Waals surface area contributed by atoms with Gasteiger partial charge in [-0.3, -0.25) is 4.79 Å². The van der Waals surface area contributed by atoms with E-state index < -0.39 is 0 Å². The molecule has 0 spiro atoms. The summed E-state index contributed by atoms with van der Waals surface area (Å²) < 4.78 is 4.93. The summed E-state index contributed by atoms with van der Waals surface area (Å²) in [4.78, 5) is 10.9. The number of hydrogen-bond acceptors (Lipinski definition) is 3. The molecule has 0 bridgehead atoms. The number of thiocarbonyl (C=S) groups is 1. The van der Waals surface area contributed by atoms with E-state index >= 15 is 0 Å². The Hall–Kier alpha value is -0.880. The van der Waals surface area contributed by atoms with Gasteiger partial charge in [-0.25, -0.2) is 0 Å². The number of carbonyl (C=O) groups excluding carboxylic acids is 1. The molecule has 3 N–H and O–H groups in total. The molecule has 1 heterocycles. The average molecular weight is 245 g/mol. The highest BCUT2D eigenvalue weighted by molar-refractivity contribution is 7.80. The smallest absolute Gasteiger partial charge is 0.220 e. The van der Waals surface area contributed by atoms with Crippen molar-refractivity contribution in [1.82, 2.24) is 16.0 Å². The van der Waals surface area contributed by atoms with Crippen LogP contribution in [0, 0.1) is 0 Å². The number of nitrogens with one attached hydrogen (secondary N) is 3. The molecule has 1 fully saturated rings. The van der Waals surface area contributed by atoms with Crippen molar-refractivity contribution in [1.29, 1.82) is 0 Å². The van der Waals surface area contributed by atoms with Crippen molar-refractivity contribution < 1.29 is 9.53 Å². The van der Waals surface area contributed by atoms with Crippen molar-refractivity contribution in [2.24, 2.45) is 0 Å². The van der Waals surface area contributed by atoms with Gasteiger partial charge in [-0.2, -0.15) is 0 Å². The maximum atomic E-state index is 10.9. The summed E-state index contributed by atoms with van der Waals surface area (Å²) in [5, 5.41) is 9.74. The lowest BCUT2D eigenvalue weighted by molar-refractivity contribution is -0.122. The van der Waals surface area contributed by atoms with Gasteiger partial charge in [0, 0.05) is 39.3 Å². The van der Waals surface area contributed by atoms with E-state index in [2.05, 4.69) is 16.0 Å². The van der Waals surface area contributed by atoms with Crippen molar-refractivity contribution in [3.8, 4) is 0 Å². The van der Waals surface area contributed by atoms with Crippen LogP contribution in [0.3, 0.4) is 0 Å². The standard InChI is InChI=1S/C10H19N3O2S/c1-15-6-2-5-11-10(16)13-8-3-4-9(14)12-7-8/h8H,2-7H2,1H3,(H,12,14)(H2,11,13,16). The molecule has 1 rings (SSSR count). The Bertz CT molecular complexity index is 238. The first-order valence-corrected chi connectivity index (χ1v) is 5.93. The van der Waals surface area contributed by atoms with Crippen LogP contribution < -0.4 is 16.0 Å². The van der Waals surface area contributed by atoms with Gasteiger partial charge in [-0.1, -0.05) is 0 Å². The number of rotatable bonds is 5. The third kappa shape index (κ3) is 5.27. The first kappa shape index (κ1) is 13.2. The summed E-state index contributed by atoms with van der Waals surface area (Å²) in [5.74, 6) is 0.122. The zero-order valence-corrected chi connectivity index (χ0v) is 10.4. The van der Waals surface area contributed by atoms with Gasteiger partial charge in [0.15, 0.2) is 5.11 Å². The second-order valence-electron chi connectivity index (χ2n) is 3.79. The predicted molar refractivity (Wildman–Crippen MR) is 66.3 cm³/mol. The van der Waals surface area contributed by atoms with Gasteiger partial charge < -0.3 is 20.7 Å². The van der Waals surface area contributed by atoms with Crippen LogP contribution in [0.15, 0.2) is 0 Å². The summed E-state index contributed by atoms with van der Waals surface area (Å²) in [6.45, 7) is 2.19. The molecule has 0 aromatic heterocycles. The van der Waals surface area contributed by atoms with Crippen LogP contribution in [0.1, 0.15) is 19.3 Å². The van der Waals surface area contributed by atoms with Crippen LogP contribution in [-0.4, -0.2) is 43.9 Å². The van der Waals surface area contributed by atoms with Gasteiger partial charge in [0.2, 0.25) is 5.91 Å². The first-order chi connectivity index (χ1) is 7.72. The number of amides is 1. The lowest BCUT2D eigenvalue weighted by Gasteiger charge is -2.24. The van der Waals surface area contributed by atoms with Crippen molar-refractivity contribution in [2.75, 3.05) is 26.8 Å². The van der Waals surface area contributed by atoms with Gasteiger partial charge >= 0.3 is 0 Å². The Morgan fingerprint density at radius 2 is 2.50 bits per heavy atom. The number of piperidine rings is 1. The molecule has 1 saturated heterocycles. The Kier molecular flexibility index (Phi) is 6.10. The molecular weight excluding hydrogens is 226 g/mol. The van der Waals surface area contributed by atoms with Crippen molar-refractivity contribution in [3.05, 3.63) is 0 Å². The lowest BCUT2D eigenvalue weighted by Crippen LogP contribution is -2.50. The fourth-order valence-corrected chi connectivity index (χ4v) is 1.78. The SMILES string of the molecule is COCCCNC(=S)NC1CCC(=O)NC1. The second-order valence-corrected chi connectivity index (χ2v) is 4.19. The fraction of sp³-hybridized carbons (Fsp3) is 0.800. The fourth-order valence-electron chi connectivity index (χ4n) is 1.51. The van der Waals surface area contributed by atoms with E-state index in [9.17, 15) is 4.79 Å². The van der Waals surface area contributed by atoms with E-state index in [1.165, 1.54) is 0 Å². The van der Waals surface area contributed by atoms with Crippen LogP contribution in [0.5, 0.6) is 0 Å². The van der Waals surface area contributed by atoms with E-state index in [4.69, 9.17) is 17.0 Å². The summed E-state index contributed by atoms with van der Waals surface area (Å²) in [5.41, 5.74) is 0. The van der Waals surface area contributed by atoms with Crippen molar-refractivity contribution in [2.45, 2.75) is 25.3 Å². The predicted octanol–water partition coefficient (Wildman–Crippen LogP) is -0.234. The number of carbonyl (C=O) groups is 1. The van der Waals surface area contributed by atoms with Gasteiger partial charge in [-0.15, -0.1) is 0 Å². The average Bonchev–Trinajstić information content (AvgIpc) is 2.28. The molecule has 92 valence electrons. The lowest BCUT2D eigenvalue weighted by atomic mass is 10.1. The molecule has 16 heavy (non-hydrogen) atoms. The van der Waals surface area contributed by atoms with Crippen LogP contribution in [0.2, 0.25) is 0 Å². The Morgan fingerprint density at radius 3 is 3.12 bits per heavy atom. The summed E-state index contributed by atoms with van der Waals surface area (Å²) in [6, 6.07) is 0.250. The van der Waals surface area contributed by atoms with Crippen LogP contribution in [0.4, 0.5) is 0 Å². The highest BCUT2D eigenvalue weighted by Crippen LogP contribution is 2.02. The summed E-state index contributed by atoms with van der Waals surface area (Å²) in [7, 11) is 1.68. The van der Waals surface area contributed by atoms with Crippen molar-refractivity contribution in [3.63, 3.8) is 0 Å². The Morgan fingerprint density at radius 1 is 1.69 bits per heavy atom. The largest absolute Gasteiger partial charge is 0.385 e. The molecular formula is C10H19N3O2S. The van der Waals surface area contributed by atoms with E-state index in [0.717, 1.165) is 26.0 Å². The normalized spacial score (nSPS) is 20.1. The number of methoxy groups -OCH3 is 1. The molecule has 6 heteroatoms. The molecule has 5 nitrogen and oxygen atoms in total. The van der Waals surface area contributed by atoms with E-state index in [1.807, 2.05) is 0 Å². The molecule has 0 saturated carbocycles. The van der Waals surface area contributed by atoms with Gasteiger partial charge in [0.25, 0.3) is 0 Å². The maximum absolute atomic E-state index is 10.9. The van der Waals surface area contributed by atoms with Crippen molar-refractivity contribution >= 4 is 23.2 Å². The minimum Gasteiger partial charge on any atom is -0.385 e. The van der Waals surface area contributed by atoms with Crippen LogP contribution in [0.25, 0.3) is 0 Å². The third-order valence-corrected chi connectivity index (χ3v) is 2.67.